The summed E-state index contributed by atoms with van der Waals surface area (Å²) >= 11 is 0. The van der Waals surface area contributed by atoms with Gasteiger partial charge in [-0.05, 0) is 22.4 Å². The van der Waals surface area contributed by atoms with Crippen molar-refractivity contribution in [2.45, 2.75) is 24.8 Å². The largest absolute Gasteiger partial charge is 0.349 e. The lowest BCUT2D eigenvalue weighted by atomic mass is 9.88. The maximum atomic E-state index is 13.0. The van der Waals surface area contributed by atoms with Gasteiger partial charge in [-0.2, -0.15) is 5.10 Å². The number of benzene rings is 2. The third-order valence-corrected chi connectivity index (χ3v) is 4.61. The van der Waals surface area contributed by atoms with E-state index in [1.54, 1.807) is 16.9 Å². The number of rotatable bonds is 3. The Kier molecular flexibility index (Phi) is 3.56. The van der Waals surface area contributed by atoms with Gasteiger partial charge >= 0.3 is 0 Å². The number of carbonyl (C=O) groups excluding carboxylic acids is 1. The van der Waals surface area contributed by atoms with Crippen molar-refractivity contribution in [1.82, 2.24) is 15.1 Å². The van der Waals surface area contributed by atoms with Gasteiger partial charge in [-0.3, -0.25) is 9.48 Å². The third kappa shape index (κ3) is 2.88. The molecule has 6 heteroatoms. The first-order valence-corrected chi connectivity index (χ1v) is 8.12. The van der Waals surface area contributed by atoms with E-state index in [1.165, 1.54) is 0 Å². The van der Waals surface area contributed by atoms with Crippen LogP contribution < -0.4 is 5.32 Å². The zero-order valence-electron chi connectivity index (χ0n) is 13.7. The first-order chi connectivity index (χ1) is 11.9. The minimum absolute atomic E-state index is 0.287. The average Bonchev–Trinajstić information content (AvgIpc) is 2.98. The Morgan fingerprint density at radius 2 is 1.92 bits per heavy atom. The van der Waals surface area contributed by atoms with Crippen molar-refractivity contribution >= 4 is 16.7 Å². The van der Waals surface area contributed by atoms with Crippen molar-refractivity contribution in [3.05, 3.63) is 54.4 Å². The SMILES string of the molecule is Cn1cc(-c2cccc3c(C(=O)NC4CC(F)(F)C4)cccc23)cn1. The van der Waals surface area contributed by atoms with Crippen molar-refractivity contribution in [1.29, 1.82) is 0 Å². The number of carbonyl (C=O) groups is 1. The van der Waals surface area contributed by atoms with E-state index >= 15 is 0 Å². The fourth-order valence-electron chi connectivity index (χ4n) is 3.35. The molecule has 1 amide bonds. The highest BCUT2D eigenvalue weighted by atomic mass is 19.3. The molecule has 0 atom stereocenters. The summed E-state index contributed by atoms with van der Waals surface area (Å²) in [5, 5.41) is 8.63. The molecule has 1 aromatic heterocycles. The summed E-state index contributed by atoms with van der Waals surface area (Å²) in [4.78, 5) is 12.6. The fraction of sp³-hybridized carbons (Fsp3) is 0.263. The zero-order valence-corrected chi connectivity index (χ0v) is 13.7. The zero-order chi connectivity index (χ0) is 17.6. The molecule has 2 aromatic carbocycles. The molecule has 25 heavy (non-hydrogen) atoms. The average molecular weight is 341 g/mol. The number of fused-ring (bicyclic) bond motifs is 1. The minimum atomic E-state index is -2.65. The van der Waals surface area contributed by atoms with Gasteiger partial charge in [-0.15, -0.1) is 0 Å². The highest BCUT2D eigenvalue weighted by Crippen LogP contribution is 2.37. The highest BCUT2D eigenvalue weighted by Gasteiger charge is 2.46. The first-order valence-electron chi connectivity index (χ1n) is 8.12. The molecule has 4 rings (SSSR count). The topological polar surface area (TPSA) is 46.9 Å². The van der Waals surface area contributed by atoms with Gasteiger partial charge < -0.3 is 5.32 Å². The molecule has 0 bridgehead atoms. The molecule has 0 saturated heterocycles. The summed E-state index contributed by atoms with van der Waals surface area (Å²) in [5.41, 5.74) is 2.44. The van der Waals surface area contributed by atoms with Gasteiger partial charge in [0.05, 0.1) is 6.20 Å². The van der Waals surface area contributed by atoms with Crippen LogP contribution in [0.15, 0.2) is 48.8 Å². The van der Waals surface area contributed by atoms with Crippen LogP contribution in [0.3, 0.4) is 0 Å². The number of nitrogens with one attached hydrogen (secondary N) is 1. The normalized spacial score (nSPS) is 16.6. The van der Waals surface area contributed by atoms with Gasteiger partial charge in [0.15, 0.2) is 0 Å². The number of aryl methyl sites for hydroxylation is 1. The van der Waals surface area contributed by atoms with E-state index in [-0.39, 0.29) is 18.7 Å². The molecule has 0 spiro atoms. The minimum Gasteiger partial charge on any atom is -0.349 e. The maximum absolute atomic E-state index is 13.0. The van der Waals surface area contributed by atoms with Crippen LogP contribution in [0.25, 0.3) is 21.9 Å². The molecular formula is C19H17F2N3O. The van der Waals surface area contributed by atoms with Gasteiger partial charge in [0.2, 0.25) is 0 Å². The van der Waals surface area contributed by atoms with E-state index in [0.29, 0.717) is 5.56 Å². The molecule has 0 radical (unpaired) electrons. The smallest absolute Gasteiger partial charge is 0.252 e. The van der Waals surface area contributed by atoms with Crippen molar-refractivity contribution in [2.75, 3.05) is 0 Å². The van der Waals surface area contributed by atoms with Crippen LogP contribution >= 0.6 is 0 Å². The number of alkyl halides is 2. The maximum Gasteiger partial charge on any atom is 0.252 e. The Balaban J connectivity index is 1.70. The number of hydrogen-bond acceptors (Lipinski definition) is 2. The van der Waals surface area contributed by atoms with Gasteiger partial charge in [0.1, 0.15) is 0 Å². The number of amides is 1. The molecule has 1 N–H and O–H groups in total. The van der Waals surface area contributed by atoms with Crippen LogP contribution in [-0.4, -0.2) is 27.7 Å². The third-order valence-electron chi connectivity index (χ3n) is 4.61. The lowest BCUT2D eigenvalue weighted by molar-refractivity contribution is -0.0901. The van der Waals surface area contributed by atoms with E-state index in [0.717, 1.165) is 21.9 Å². The molecule has 128 valence electrons. The summed E-state index contributed by atoms with van der Waals surface area (Å²) < 4.78 is 27.7. The quantitative estimate of drug-likeness (QED) is 0.788. The van der Waals surface area contributed by atoms with Crippen molar-refractivity contribution in [3.63, 3.8) is 0 Å². The van der Waals surface area contributed by atoms with Crippen LogP contribution in [0, 0.1) is 0 Å². The van der Waals surface area contributed by atoms with Crippen LogP contribution in [0.4, 0.5) is 8.78 Å². The van der Waals surface area contributed by atoms with E-state index < -0.39 is 12.0 Å². The van der Waals surface area contributed by atoms with E-state index in [9.17, 15) is 13.6 Å². The standard InChI is InChI=1S/C19H17F2N3O/c1-24-11-12(10-22-24)14-4-2-6-16-15(14)5-3-7-17(16)18(25)23-13-8-19(20,21)9-13/h2-7,10-11,13H,8-9H2,1H3,(H,23,25). The molecule has 1 heterocycles. The summed E-state index contributed by atoms with van der Waals surface area (Å²) in [5.74, 6) is -2.96. The lowest BCUT2D eigenvalue weighted by Gasteiger charge is -2.35. The van der Waals surface area contributed by atoms with Gasteiger partial charge in [0.25, 0.3) is 11.8 Å². The molecule has 1 aliphatic carbocycles. The second kappa shape index (κ2) is 5.65. The van der Waals surface area contributed by atoms with Crippen molar-refractivity contribution in [3.8, 4) is 11.1 Å². The summed E-state index contributed by atoms with van der Waals surface area (Å²) in [6.45, 7) is 0. The number of aromatic nitrogens is 2. The second-order valence-corrected chi connectivity index (χ2v) is 6.54. The number of nitrogens with zero attached hydrogens (tertiary/aromatic N) is 2. The van der Waals surface area contributed by atoms with Gasteiger partial charge in [-0.25, -0.2) is 8.78 Å². The summed E-state index contributed by atoms with van der Waals surface area (Å²) in [7, 11) is 1.85. The Labute approximate surface area is 143 Å². The Morgan fingerprint density at radius 1 is 1.20 bits per heavy atom. The summed E-state index contributed by atoms with van der Waals surface area (Å²) in [6, 6.07) is 10.8. The molecule has 0 aliphatic heterocycles. The van der Waals surface area contributed by atoms with Crippen LogP contribution in [0.5, 0.6) is 0 Å². The summed E-state index contributed by atoms with van der Waals surface area (Å²) in [6.07, 6.45) is 3.12. The monoisotopic (exact) mass is 341 g/mol. The molecule has 3 aromatic rings. The molecule has 1 fully saturated rings. The van der Waals surface area contributed by atoms with Gasteiger partial charge in [-0.1, -0.05) is 30.3 Å². The first kappa shape index (κ1) is 15.7. The van der Waals surface area contributed by atoms with E-state index in [4.69, 9.17) is 0 Å². The Morgan fingerprint density at radius 3 is 2.60 bits per heavy atom. The van der Waals surface area contributed by atoms with E-state index in [2.05, 4.69) is 10.4 Å². The Bertz CT molecular complexity index is 956. The number of hydrogen-bond donors (Lipinski definition) is 1. The molecule has 4 nitrogen and oxygen atoms in total. The van der Waals surface area contributed by atoms with Crippen LogP contribution in [0.1, 0.15) is 23.2 Å². The van der Waals surface area contributed by atoms with Crippen molar-refractivity contribution < 1.29 is 13.6 Å². The fourth-order valence-corrected chi connectivity index (χ4v) is 3.35. The highest BCUT2D eigenvalue weighted by molar-refractivity contribution is 6.10. The van der Waals surface area contributed by atoms with Crippen molar-refractivity contribution in [2.24, 2.45) is 7.05 Å². The molecule has 0 unspecified atom stereocenters. The predicted molar refractivity (Wildman–Crippen MR) is 91.6 cm³/mol. The molecular weight excluding hydrogens is 324 g/mol. The lowest BCUT2D eigenvalue weighted by Crippen LogP contribution is -2.50. The second-order valence-electron chi connectivity index (χ2n) is 6.54. The molecule has 1 aliphatic rings. The van der Waals surface area contributed by atoms with Crippen LogP contribution in [-0.2, 0) is 7.05 Å². The van der Waals surface area contributed by atoms with Crippen LogP contribution in [0.2, 0.25) is 0 Å². The number of halogens is 2. The van der Waals surface area contributed by atoms with E-state index in [1.807, 2.05) is 43.6 Å². The van der Waals surface area contributed by atoms with Gasteiger partial charge in [0, 0.05) is 43.3 Å². The predicted octanol–water partition coefficient (Wildman–Crippen LogP) is 3.77. The molecule has 1 saturated carbocycles. The Hall–Kier alpha value is -2.76.